The highest BCUT2D eigenvalue weighted by Crippen LogP contribution is 2.39. The van der Waals surface area contributed by atoms with E-state index >= 15 is 0 Å². The van der Waals surface area contributed by atoms with Gasteiger partial charge < -0.3 is 9.80 Å². The lowest BCUT2D eigenvalue weighted by molar-refractivity contribution is -0.141. The average molecular weight is 447 g/mol. The van der Waals surface area contributed by atoms with Crippen LogP contribution in [0.1, 0.15) is 46.5 Å². The lowest BCUT2D eigenvalue weighted by Gasteiger charge is -2.38. The van der Waals surface area contributed by atoms with Crippen LogP contribution in [0.2, 0.25) is 0 Å². The number of thiophene rings is 1. The topological polar surface area (TPSA) is 40.6 Å². The van der Waals surface area contributed by atoms with E-state index in [9.17, 15) is 9.59 Å². The first-order valence-corrected chi connectivity index (χ1v) is 12.2. The summed E-state index contributed by atoms with van der Waals surface area (Å²) in [6.07, 6.45) is 2.01. The van der Waals surface area contributed by atoms with Gasteiger partial charge in [0.1, 0.15) is 0 Å². The molecule has 0 saturated heterocycles. The fourth-order valence-corrected chi connectivity index (χ4v) is 5.42. The number of fused-ring (bicyclic) bond motifs is 1. The SMILES string of the molecule is CCCN(CC(=O)N1CCc2sccc2C1c1ccccc1C)C(=O)Cc1ccccc1. The number of rotatable bonds is 7. The Balaban J connectivity index is 1.57. The second-order valence-corrected chi connectivity index (χ2v) is 9.37. The molecule has 2 aromatic carbocycles. The minimum atomic E-state index is -0.0913. The zero-order chi connectivity index (χ0) is 22.5. The summed E-state index contributed by atoms with van der Waals surface area (Å²) in [5.74, 6) is 0.0250. The molecule has 0 aliphatic carbocycles. The molecule has 32 heavy (non-hydrogen) atoms. The van der Waals surface area contributed by atoms with Crippen LogP contribution in [0, 0.1) is 6.92 Å². The minimum absolute atomic E-state index is 0.00655. The zero-order valence-corrected chi connectivity index (χ0v) is 19.6. The lowest BCUT2D eigenvalue weighted by atomic mass is 9.90. The van der Waals surface area contributed by atoms with E-state index in [4.69, 9.17) is 0 Å². The molecule has 1 unspecified atom stereocenters. The molecule has 0 fully saturated rings. The summed E-state index contributed by atoms with van der Waals surface area (Å²) in [6, 6.07) is 20.1. The fraction of sp³-hybridized carbons (Fsp3) is 0.333. The Labute approximate surface area is 194 Å². The molecule has 1 aliphatic rings. The van der Waals surface area contributed by atoms with Crippen LogP contribution in [0.25, 0.3) is 0 Å². The van der Waals surface area contributed by atoms with Crippen molar-refractivity contribution < 1.29 is 9.59 Å². The Hall–Kier alpha value is -2.92. The third kappa shape index (κ3) is 4.78. The van der Waals surface area contributed by atoms with Gasteiger partial charge in [0.2, 0.25) is 11.8 Å². The minimum Gasteiger partial charge on any atom is -0.333 e. The van der Waals surface area contributed by atoms with E-state index in [-0.39, 0.29) is 24.4 Å². The van der Waals surface area contributed by atoms with Crippen LogP contribution in [0.5, 0.6) is 0 Å². The van der Waals surface area contributed by atoms with Gasteiger partial charge in [-0.3, -0.25) is 9.59 Å². The standard InChI is InChI=1S/C27H30N2O2S/c1-3-15-28(25(30)18-21-10-5-4-6-11-21)19-26(31)29-16-13-24-23(14-17-32-24)27(29)22-12-8-7-9-20(22)2/h4-12,14,17,27H,3,13,15-16,18-19H2,1-2H3. The number of carbonyl (C=O) groups is 2. The van der Waals surface area contributed by atoms with Crippen molar-refractivity contribution in [3.63, 3.8) is 0 Å². The molecule has 2 amide bonds. The van der Waals surface area contributed by atoms with Gasteiger partial charge in [-0.15, -0.1) is 11.3 Å². The number of hydrogen-bond donors (Lipinski definition) is 0. The number of aryl methyl sites for hydroxylation is 1. The molecule has 1 atom stereocenters. The van der Waals surface area contributed by atoms with Crippen LogP contribution in [0.15, 0.2) is 66.0 Å². The van der Waals surface area contributed by atoms with Crippen molar-refractivity contribution in [3.05, 3.63) is 93.2 Å². The van der Waals surface area contributed by atoms with E-state index in [0.29, 0.717) is 19.5 Å². The van der Waals surface area contributed by atoms with Gasteiger partial charge in [-0.1, -0.05) is 61.5 Å². The number of benzene rings is 2. The molecular weight excluding hydrogens is 416 g/mol. The van der Waals surface area contributed by atoms with Crippen LogP contribution in [0.4, 0.5) is 0 Å². The predicted molar refractivity (Wildman–Crippen MR) is 130 cm³/mol. The molecule has 0 N–H and O–H groups in total. The molecule has 4 rings (SSSR count). The molecule has 1 aliphatic heterocycles. The first-order valence-electron chi connectivity index (χ1n) is 11.3. The van der Waals surface area contributed by atoms with Crippen LogP contribution in [-0.2, 0) is 22.4 Å². The van der Waals surface area contributed by atoms with Crippen molar-refractivity contribution in [1.29, 1.82) is 0 Å². The number of amides is 2. The van der Waals surface area contributed by atoms with Gasteiger partial charge in [-0.25, -0.2) is 0 Å². The molecule has 3 aromatic rings. The Kier molecular flexibility index (Phi) is 7.05. The molecule has 0 spiro atoms. The van der Waals surface area contributed by atoms with Crippen molar-refractivity contribution in [3.8, 4) is 0 Å². The lowest BCUT2D eigenvalue weighted by Crippen LogP contribution is -2.47. The van der Waals surface area contributed by atoms with E-state index in [1.54, 1.807) is 16.2 Å². The van der Waals surface area contributed by atoms with Gasteiger partial charge in [-0.05, 0) is 53.5 Å². The van der Waals surface area contributed by atoms with E-state index in [1.165, 1.54) is 16.0 Å². The van der Waals surface area contributed by atoms with Crippen molar-refractivity contribution in [2.24, 2.45) is 0 Å². The van der Waals surface area contributed by atoms with Gasteiger partial charge >= 0.3 is 0 Å². The summed E-state index contributed by atoms with van der Waals surface area (Å²) in [6.45, 7) is 5.54. The van der Waals surface area contributed by atoms with Gasteiger partial charge in [0, 0.05) is 18.0 Å². The fourth-order valence-electron chi connectivity index (χ4n) is 4.51. The number of carbonyl (C=O) groups excluding carboxylic acids is 2. The van der Waals surface area contributed by atoms with Crippen LogP contribution in [-0.4, -0.2) is 41.2 Å². The predicted octanol–water partition coefficient (Wildman–Crippen LogP) is 5.01. The summed E-state index contributed by atoms with van der Waals surface area (Å²) in [5.41, 5.74) is 4.55. The van der Waals surface area contributed by atoms with Gasteiger partial charge in [-0.2, -0.15) is 0 Å². The summed E-state index contributed by atoms with van der Waals surface area (Å²) in [7, 11) is 0. The first kappa shape index (κ1) is 22.3. The molecule has 0 radical (unpaired) electrons. The molecule has 4 nitrogen and oxygen atoms in total. The van der Waals surface area contributed by atoms with E-state index < -0.39 is 0 Å². The van der Waals surface area contributed by atoms with Crippen LogP contribution < -0.4 is 0 Å². The molecule has 166 valence electrons. The summed E-state index contributed by atoms with van der Waals surface area (Å²) < 4.78 is 0. The summed E-state index contributed by atoms with van der Waals surface area (Å²) in [4.78, 5) is 31.7. The maximum atomic E-state index is 13.6. The van der Waals surface area contributed by atoms with E-state index in [1.807, 2.05) is 54.3 Å². The van der Waals surface area contributed by atoms with Gasteiger partial charge in [0.25, 0.3) is 0 Å². The maximum Gasteiger partial charge on any atom is 0.242 e. The normalized spacial score (nSPS) is 15.3. The van der Waals surface area contributed by atoms with Gasteiger partial charge in [0.05, 0.1) is 19.0 Å². The Morgan fingerprint density at radius 1 is 1.03 bits per heavy atom. The number of nitrogens with zero attached hydrogens (tertiary/aromatic N) is 2. The third-order valence-electron chi connectivity index (χ3n) is 6.14. The van der Waals surface area contributed by atoms with Crippen molar-refractivity contribution in [1.82, 2.24) is 9.80 Å². The van der Waals surface area contributed by atoms with Gasteiger partial charge in [0.15, 0.2) is 0 Å². The highest BCUT2D eigenvalue weighted by Gasteiger charge is 2.34. The zero-order valence-electron chi connectivity index (χ0n) is 18.8. The second kappa shape index (κ2) is 10.1. The van der Waals surface area contributed by atoms with Crippen molar-refractivity contribution >= 4 is 23.2 Å². The first-order chi connectivity index (χ1) is 15.6. The Morgan fingerprint density at radius 3 is 2.53 bits per heavy atom. The third-order valence-corrected chi connectivity index (χ3v) is 7.14. The van der Waals surface area contributed by atoms with Crippen LogP contribution >= 0.6 is 11.3 Å². The highest BCUT2D eigenvalue weighted by atomic mass is 32.1. The highest BCUT2D eigenvalue weighted by molar-refractivity contribution is 7.10. The quantitative estimate of drug-likeness (QED) is 0.512. The van der Waals surface area contributed by atoms with E-state index in [2.05, 4.69) is 30.5 Å². The summed E-state index contributed by atoms with van der Waals surface area (Å²) >= 11 is 1.77. The molecular formula is C27H30N2O2S. The largest absolute Gasteiger partial charge is 0.333 e. The number of hydrogen-bond acceptors (Lipinski definition) is 3. The monoisotopic (exact) mass is 446 g/mol. The van der Waals surface area contributed by atoms with Crippen molar-refractivity contribution in [2.75, 3.05) is 19.6 Å². The smallest absolute Gasteiger partial charge is 0.242 e. The molecule has 2 heterocycles. The molecule has 1 aromatic heterocycles. The maximum absolute atomic E-state index is 13.6. The average Bonchev–Trinajstić information content (AvgIpc) is 3.28. The van der Waals surface area contributed by atoms with E-state index in [0.717, 1.165) is 24.0 Å². The van der Waals surface area contributed by atoms with Crippen molar-refractivity contribution in [2.45, 2.75) is 39.2 Å². The summed E-state index contributed by atoms with van der Waals surface area (Å²) in [5, 5.41) is 2.12. The molecule has 0 saturated carbocycles. The Morgan fingerprint density at radius 2 is 1.78 bits per heavy atom. The van der Waals surface area contributed by atoms with Crippen LogP contribution in [0.3, 0.4) is 0 Å². The molecule has 0 bridgehead atoms. The Bertz CT molecular complexity index is 1080. The second-order valence-electron chi connectivity index (χ2n) is 8.37. The molecule has 5 heteroatoms.